The highest BCUT2D eigenvalue weighted by atomic mass is 32.2. The van der Waals surface area contributed by atoms with Crippen molar-refractivity contribution in [2.45, 2.75) is 30.5 Å². The van der Waals surface area contributed by atoms with E-state index in [0.29, 0.717) is 35.4 Å². The van der Waals surface area contributed by atoms with Gasteiger partial charge in [-0.3, -0.25) is 4.72 Å². The van der Waals surface area contributed by atoms with Crippen molar-refractivity contribution in [3.05, 3.63) is 54.3 Å². The number of fused-ring (bicyclic) bond motifs is 1. The van der Waals surface area contributed by atoms with E-state index >= 15 is 0 Å². The molecule has 1 saturated heterocycles. The van der Waals surface area contributed by atoms with Crippen LogP contribution in [0.25, 0.3) is 11.0 Å². The Morgan fingerprint density at radius 3 is 2.89 bits per heavy atom. The van der Waals surface area contributed by atoms with E-state index < -0.39 is 22.3 Å². The molecule has 0 bridgehead atoms. The van der Waals surface area contributed by atoms with E-state index in [2.05, 4.69) is 10.0 Å². The van der Waals surface area contributed by atoms with Crippen LogP contribution in [0.5, 0.6) is 5.75 Å². The highest BCUT2D eigenvalue weighted by molar-refractivity contribution is 7.92. The Hall–Kier alpha value is -2.58. The minimum Gasteiger partial charge on any atom is -0.483 e. The zero-order valence-corrected chi connectivity index (χ0v) is 16.1. The first-order valence-electron chi connectivity index (χ1n) is 9.04. The summed E-state index contributed by atoms with van der Waals surface area (Å²) in [7, 11) is -3.77. The number of furan rings is 1. The molecule has 2 unspecified atom stereocenters. The Bertz CT molecular complexity index is 1100. The first kappa shape index (κ1) is 18.8. The van der Waals surface area contributed by atoms with Crippen molar-refractivity contribution in [3.63, 3.8) is 0 Å². The van der Waals surface area contributed by atoms with E-state index in [0.717, 1.165) is 5.56 Å². The number of ether oxygens (including phenoxy) is 1. The third-order valence-electron chi connectivity index (χ3n) is 4.70. The van der Waals surface area contributed by atoms with Gasteiger partial charge < -0.3 is 14.5 Å². The van der Waals surface area contributed by atoms with Gasteiger partial charge in [0.2, 0.25) is 0 Å². The van der Waals surface area contributed by atoms with Crippen LogP contribution in [-0.4, -0.2) is 33.8 Å². The van der Waals surface area contributed by atoms with Crippen LogP contribution in [0.15, 0.2) is 58.0 Å². The fraction of sp³-hybridized carbons (Fsp3) is 0.300. The molecule has 1 aliphatic heterocycles. The Morgan fingerprint density at radius 2 is 2.11 bits per heavy atom. The summed E-state index contributed by atoms with van der Waals surface area (Å²) in [5.41, 5.74) is 1.64. The molecular formula is C20H21FN2O4S. The van der Waals surface area contributed by atoms with Gasteiger partial charge in [-0.1, -0.05) is 12.1 Å². The minimum absolute atomic E-state index is 0.171. The molecule has 0 spiro atoms. The summed E-state index contributed by atoms with van der Waals surface area (Å²) in [5.74, 6) is 0.319. The zero-order valence-electron chi connectivity index (χ0n) is 15.3. The summed E-state index contributed by atoms with van der Waals surface area (Å²) in [5, 5.41) is 3.65. The molecular weight excluding hydrogens is 383 g/mol. The third kappa shape index (κ3) is 3.83. The molecule has 3 aromatic rings. The Kier molecular flexibility index (Phi) is 4.99. The molecule has 2 aromatic carbocycles. The maximum absolute atomic E-state index is 14.2. The molecule has 28 heavy (non-hydrogen) atoms. The molecule has 1 fully saturated rings. The van der Waals surface area contributed by atoms with Crippen molar-refractivity contribution < 1.29 is 22.0 Å². The first-order chi connectivity index (χ1) is 13.4. The number of halogens is 1. The molecule has 2 atom stereocenters. The van der Waals surface area contributed by atoms with E-state index in [1.807, 2.05) is 13.0 Å². The van der Waals surface area contributed by atoms with Crippen molar-refractivity contribution in [1.82, 2.24) is 5.32 Å². The molecule has 1 aliphatic rings. The van der Waals surface area contributed by atoms with Gasteiger partial charge in [0.15, 0.2) is 11.3 Å². The number of benzene rings is 2. The summed E-state index contributed by atoms with van der Waals surface area (Å²) in [4.78, 5) is 0.171. The molecule has 8 heteroatoms. The molecule has 0 radical (unpaired) electrons. The van der Waals surface area contributed by atoms with Crippen LogP contribution in [0.1, 0.15) is 12.0 Å². The number of sulfonamides is 1. The number of piperidine rings is 1. The van der Waals surface area contributed by atoms with Gasteiger partial charge in [-0.05, 0) is 49.7 Å². The average molecular weight is 404 g/mol. The maximum atomic E-state index is 14.2. The molecule has 0 amide bonds. The number of hydrogen-bond donors (Lipinski definition) is 2. The minimum atomic E-state index is -3.77. The van der Waals surface area contributed by atoms with Crippen LogP contribution in [-0.2, 0) is 10.0 Å². The van der Waals surface area contributed by atoms with Crippen molar-refractivity contribution >= 4 is 26.7 Å². The average Bonchev–Trinajstić information content (AvgIpc) is 3.12. The monoisotopic (exact) mass is 404 g/mol. The second-order valence-corrected chi connectivity index (χ2v) is 8.58. The third-order valence-corrected chi connectivity index (χ3v) is 6.07. The van der Waals surface area contributed by atoms with Crippen molar-refractivity contribution in [2.75, 3.05) is 17.8 Å². The van der Waals surface area contributed by atoms with Gasteiger partial charge in [-0.15, -0.1) is 0 Å². The number of aryl methyl sites for hydroxylation is 1. The standard InChI is InChI=1S/C20H21FN2O4S/c1-13-3-2-4-16(9-13)28(24,25)23-15-10-14-6-8-26-20(14)19(11-15)27-18-5-7-22-12-17(18)21/h2-4,6,8-11,17-18,22-23H,5,7,12H2,1H3. The molecule has 4 rings (SSSR count). The van der Waals surface area contributed by atoms with Gasteiger partial charge >= 0.3 is 0 Å². The topological polar surface area (TPSA) is 80.6 Å². The lowest BCUT2D eigenvalue weighted by atomic mass is 10.1. The van der Waals surface area contributed by atoms with Crippen LogP contribution in [0, 0.1) is 6.92 Å². The van der Waals surface area contributed by atoms with Crippen LogP contribution in [0.2, 0.25) is 0 Å². The van der Waals surface area contributed by atoms with Gasteiger partial charge in [0.1, 0.15) is 12.3 Å². The van der Waals surface area contributed by atoms with Gasteiger partial charge in [-0.2, -0.15) is 0 Å². The number of alkyl halides is 1. The number of hydrogen-bond acceptors (Lipinski definition) is 5. The van der Waals surface area contributed by atoms with Crippen LogP contribution in [0.4, 0.5) is 10.1 Å². The largest absolute Gasteiger partial charge is 0.483 e. The molecule has 0 saturated carbocycles. The predicted molar refractivity (Wildman–Crippen MR) is 105 cm³/mol. The fourth-order valence-electron chi connectivity index (χ4n) is 3.28. The van der Waals surface area contributed by atoms with Crippen molar-refractivity contribution in [3.8, 4) is 5.75 Å². The predicted octanol–water partition coefficient (Wildman–Crippen LogP) is 3.62. The number of rotatable bonds is 5. The highest BCUT2D eigenvalue weighted by Gasteiger charge is 2.27. The lowest BCUT2D eigenvalue weighted by molar-refractivity contribution is 0.0736. The SMILES string of the molecule is Cc1cccc(S(=O)(=O)Nc2cc(OC3CCNCC3F)c3occc3c2)c1. The Balaban J connectivity index is 1.66. The summed E-state index contributed by atoms with van der Waals surface area (Å²) in [6.07, 6.45) is 0.249. The van der Waals surface area contributed by atoms with Crippen LogP contribution < -0.4 is 14.8 Å². The molecule has 2 heterocycles. The summed E-state index contributed by atoms with van der Waals surface area (Å²) in [6, 6.07) is 11.6. The van der Waals surface area contributed by atoms with E-state index in [1.54, 1.807) is 24.3 Å². The summed E-state index contributed by atoms with van der Waals surface area (Å²) < 4.78 is 53.6. The Labute approximate surface area is 162 Å². The van der Waals surface area contributed by atoms with Gasteiger partial charge in [-0.25, -0.2) is 12.8 Å². The lowest BCUT2D eigenvalue weighted by Gasteiger charge is -2.27. The number of anilines is 1. The van der Waals surface area contributed by atoms with Crippen molar-refractivity contribution in [2.24, 2.45) is 0 Å². The molecule has 1 aromatic heterocycles. The van der Waals surface area contributed by atoms with Crippen molar-refractivity contribution in [1.29, 1.82) is 0 Å². The zero-order chi connectivity index (χ0) is 19.7. The second-order valence-electron chi connectivity index (χ2n) is 6.90. The second kappa shape index (κ2) is 7.44. The number of nitrogens with one attached hydrogen (secondary N) is 2. The summed E-state index contributed by atoms with van der Waals surface area (Å²) >= 11 is 0. The quantitative estimate of drug-likeness (QED) is 0.679. The first-order valence-corrected chi connectivity index (χ1v) is 10.5. The van der Waals surface area contributed by atoms with E-state index in [9.17, 15) is 12.8 Å². The normalized spacial score (nSPS) is 20.2. The van der Waals surface area contributed by atoms with Crippen LogP contribution in [0.3, 0.4) is 0 Å². The molecule has 6 nitrogen and oxygen atoms in total. The molecule has 0 aliphatic carbocycles. The van der Waals surface area contributed by atoms with Gasteiger partial charge in [0.25, 0.3) is 10.0 Å². The lowest BCUT2D eigenvalue weighted by Crippen LogP contribution is -2.44. The van der Waals surface area contributed by atoms with E-state index in [-0.39, 0.29) is 11.4 Å². The summed E-state index contributed by atoms with van der Waals surface area (Å²) in [6.45, 7) is 2.71. The fourth-order valence-corrected chi connectivity index (χ4v) is 4.43. The van der Waals surface area contributed by atoms with E-state index in [1.165, 1.54) is 18.4 Å². The van der Waals surface area contributed by atoms with E-state index in [4.69, 9.17) is 9.15 Å². The Morgan fingerprint density at radius 1 is 1.25 bits per heavy atom. The molecule has 148 valence electrons. The van der Waals surface area contributed by atoms with Gasteiger partial charge in [0, 0.05) is 18.0 Å². The maximum Gasteiger partial charge on any atom is 0.261 e. The highest BCUT2D eigenvalue weighted by Crippen LogP contribution is 2.33. The smallest absolute Gasteiger partial charge is 0.261 e. The molecule has 2 N–H and O–H groups in total. The van der Waals surface area contributed by atoms with Crippen LogP contribution >= 0.6 is 0 Å². The van der Waals surface area contributed by atoms with Gasteiger partial charge in [0.05, 0.1) is 16.8 Å².